The molecule has 4 heteroatoms. The molecule has 0 fully saturated rings. The number of nitrogens with two attached hydrogens (primary N) is 1. The number of ether oxygens (including phenoxy) is 1. The SMILES string of the molecule is Cc1nn(COCc2ccccc2)c(C)c1CC(C)N. The maximum Gasteiger partial charge on any atom is 0.140 e. The molecule has 4 nitrogen and oxygen atoms in total. The molecule has 0 saturated carbocycles. The van der Waals surface area contributed by atoms with Gasteiger partial charge in [-0.25, -0.2) is 4.68 Å². The molecule has 0 aliphatic rings. The van der Waals surface area contributed by atoms with E-state index >= 15 is 0 Å². The molecule has 2 aromatic rings. The normalized spacial score (nSPS) is 12.6. The van der Waals surface area contributed by atoms with Crippen LogP contribution in [0.15, 0.2) is 30.3 Å². The molecule has 108 valence electrons. The first-order chi connectivity index (χ1) is 9.58. The van der Waals surface area contributed by atoms with E-state index in [-0.39, 0.29) is 6.04 Å². The molecule has 0 radical (unpaired) electrons. The minimum absolute atomic E-state index is 0.148. The van der Waals surface area contributed by atoms with Gasteiger partial charge < -0.3 is 10.5 Å². The predicted octanol–water partition coefficient (Wildman–Crippen LogP) is 2.56. The van der Waals surface area contributed by atoms with Gasteiger partial charge in [0.05, 0.1) is 12.3 Å². The van der Waals surface area contributed by atoms with Gasteiger partial charge in [-0.15, -0.1) is 0 Å². The lowest BCUT2D eigenvalue weighted by atomic mass is 10.1. The van der Waals surface area contributed by atoms with Crippen LogP contribution in [0.4, 0.5) is 0 Å². The molecule has 0 saturated heterocycles. The topological polar surface area (TPSA) is 53.1 Å². The fourth-order valence-electron chi connectivity index (χ4n) is 2.30. The monoisotopic (exact) mass is 273 g/mol. The van der Waals surface area contributed by atoms with Crippen molar-refractivity contribution < 1.29 is 4.74 Å². The van der Waals surface area contributed by atoms with Gasteiger partial charge in [0, 0.05) is 11.7 Å². The van der Waals surface area contributed by atoms with Crippen molar-refractivity contribution in [1.82, 2.24) is 9.78 Å². The number of hydrogen-bond acceptors (Lipinski definition) is 3. The number of hydrogen-bond donors (Lipinski definition) is 1. The molecule has 2 rings (SSSR count). The second kappa shape index (κ2) is 6.68. The zero-order chi connectivity index (χ0) is 14.5. The molecule has 1 heterocycles. The molecule has 0 aliphatic heterocycles. The first kappa shape index (κ1) is 14.8. The lowest BCUT2D eigenvalue weighted by molar-refractivity contribution is 0.0546. The summed E-state index contributed by atoms with van der Waals surface area (Å²) in [6.45, 7) is 7.19. The zero-order valence-corrected chi connectivity index (χ0v) is 12.5. The third-order valence-corrected chi connectivity index (χ3v) is 3.38. The van der Waals surface area contributed by atoms with Crippen LogP contribution in [0.2, 0.25) is 0 Å². The Kier molecular flexibility index (Phi) is 4.93. The van der Waals surface area contributed by atoms with Crippen molar-refractivity contribution in [1.29, 1.82) is 0 Å². The van der Waals surface area contributed by atoms with E-state index in [2.05, 4.69) is 24.2 Å². The summed E-state index contributed by atoms with van der Waals surface area (Å²) in [5.74, 6) is 0. The van der Waals surface area contributed by atoms with Crippen molar-refractivity contribution in [3.05, 3.63) is 52.8 Å². The van der Waals surface area contributed by atoms with Crippen molar-refractivity contribution in [3.8, 4) is 0 Å². The third kappa shape index (κ3) is 3.68. The largest absolute Gasteiger partial charge is 0.355 e. The van der Waals surface area contributed by atoms with Gasteiger partial charge in [0.2, 0.25) is 0 Å². The Morgan fingerprint density at radius 1 is 1.25 bits per heavy atom. The number of aromatic nitrogens is 2. The van der Waals surface area contributed by atoms with Crippen LogP contribution in [0.25, 0.3) is 0 Å². The highest BCUT2D eigenvalue weighted by atomic mass is 16.5. The van der Waals surface area contributed by atoms with Crippen molar-refractivity contribution in [3.63, 3.8) is 0 Å². The molecule has 0 aliphatic carbocycles. The fraction of sp³-hybridized carbons (Fsp3) is 0.438. The maximum absolute atomic E-state index is 5.88. The first-order valence-corrected chi connectivity index (χ1v) is 6.98. The van der Waals surface area contributed by atoms with E-state index in [1.165, 1.54) is 11.1 Å². The summed E-state index contributed by atoms with van der Waals surface area (Å²) in [6.07, 6.45) is 0.857. The van der Waals surface area contributed by atoms with Gasteiger partial charge in [-0.2, -0.15) is 5.10 Å². The molecule has 0 amide bonds. The van der Waals surface area contributed by atoms with Crippen molar-refractivity contribution in [2.24, 2.45) is 5.73 Å². The summed E-state index contributed by atoms with van der Waals surface area (Å²) in [4.78, 5) is 0. The van der Waals surface area contributed by atoms with Crippen LogP contribution in [0.5, 0.6) is 0 Å². The number of benzene rings is 1. The molecule has 1 unspecified atom stereocenters. The van der Waals surface area contributed by atoms with Gasteiger partial charge in [0.1, 0.15) is 6.73 Å². The summed E-state index contributed by atoms with van der Waals surface area (Å²) < 4.78 is 7.64. The van der Waals surface area contributed by atoms with Crippen LogP contribution in [0.1, 0.15) is 29.4 Å². The van der Waals surface area contributed by atoms with Gasteiger partial charge in [0.25, 0.3) is 0 Å². The standard InChI is InChI=1S/C16H23N3O/c1-12(17)9-16-13(2)18-19(14(16)3)11-20-10-15-7-5-4-6-8-15/h4-8,12H,9-11,17H2,1-3H3. The average molecular weight is 273 g/mol. The van der Waals surface area contributed by atoms with Crippen molar-refractivity contribution >= 4 is 0 Å². The Bertz CT molecular complexity index is 546. The number of rotatable bonds is 6. The highest BCUT2D eigenvalue weighted by molar-refractivity contribution is 5.25. The van der Waals surface area contributed by atoms with E-state index in [9.17, 15) is 0 Å². The smallest absolute Gasteiger partial charge is 0.140 e. The van der Waals surface area contributed by atoms with E-state index in [1.807, 2.05) is 36.7 Å². The quantitative estimate of drug-likeness (QED) is 0.880. The Balaban J connectivity index is 1.96. The van der Waals surface area contributed by atoms with E-state index < -0.39 is 0 Å². The lowest BCUT2D eigenvalue weighted by Gasteiger charge is -2.08. The Hall–Kier alpha value is -1.65. The fourth-order valence-corrected chi connectivity index (χ4v) is 2.30. The molecular weight excluding hydrogens is 250 g/mol. The number of aryl methyl sites for hydroxylation is 1. The summed E-state index contributed by atoms with van der Waals surface area (Å²) in [6, 6.07) is 10.3. The maximum atomic E-state index is 5.88. The van der Waals surface area contributed by atoms with Gasteiger partial charge in [-0.3, -0.25) is 0 Å². The molecule has 1 aromatic heterocycles. The summed E-state index contributed by atoms with van der Waals surface area (Å²) >= 11 is 0. The molecule has 1 aromatic carbocycles. The zero-order valence-electron chi connectivity index (χ0n) is 12.5. The Morgan fingerprint density at radius 2 is 1.95 bits per heavy atom. The molecular formula is C16H23N3O. The summed E-state index contributed by atoms with van der Waals surface area (Å²) in [5.41, 5.74) is 10.5. The molecule has 0 bridgehead atoms. The van der Waals surface area contributed by atoms with Crippen LogP contribution < -0.4 is 5.73 Å². The molecule has 2 N–H and O–H groups in total. The Morgan fingerprint density at radius 3 is 2.60 bits per heavy atom. The van der Waals surface area contributed by atoms with E-state index in [0.29, 0.717) is 13.3 Å². The molecule has 20 heavy (non-hydrogen) atoms. The van der Waals surface area contributed by atoms with Crippen LogP contribution >= 0.6 is 0 Å². The van der Waals surface area contributed by atoms with Crippen LogP contribution in [0, 0.1) is 13.8 Å². The predicted molar refractivity (Wildman–Crippen MR) is 80.3 cm³/mol. The van der Waals surface area contributed by atoms with Crippen molar-refractivity contribution in [2.45, 2.75) is 46.6 Å². The molecule has 1 atom stereocenters. The first-order valence-electron chi connectivity index (χ1n) is 6.98. The minimum atomic E-state index is 0.148. The minimum Gasteiger partial charge on any atom is -0.355 e. The van der Waals surface area contributed by atoms with Gasteiger partial charge in [0.15, 0.2) is 0 Å². The Labute approximate surface area is 120 Å². The van der Waals surface area contributed by atoms with Gasteiger partial charge in [-0.1, -0.05) is 30.3 Å². The van der Waals surface area contributed by atoms with Crippen LogP contribution in [-0.4, -0.2) is 15.8 Å². The van der Waals surface area contributed by atoms with Crippen LogP contribution in [0.3, 0.4) is 0 Å². The van der Waals surface area contributed by atoms with E-state index in [4.69, 9.17) is 10.5 Å². The lowest BCUT2D eigenvalue weighted by Crippen LogP contribution is -2.18. The highest BCUT2D eigenvalue weighted by Crippen LogP contribution is 2.15. The highest BCUT2D eigenvalue weighted by Gasteiger charge is 2.12. The van der Waals surface area contributed by atoms with Crippen molar-refractivity contribution in [2.75, 3.05) is 0 Å². The van der Waals surface area contributed by atoms with Gasteiger partial charge >= 0.3 is 0 Å². The van der Waals surface area contributed by atoms with Crippen LogP contribution in [-0.2, 0) is 24.5 Å². The van der Waals surface area contributed by atoms with Gasteiger partial charge in [-0.05, 0) is 38.3 Å². The molecule has 0 spiro atoms. The average Bonchev–Trinajstić information content (AvgIpc) is 2.67. The summed E-state index contributed by atoms with van der Waals surface area (Å²) in [5, 5.41) is 4.53. The number of nitrogens with zero attached hydrogens (tertiary/aromatic N) is 2. The van der Waals surface area contributed by atoms with E-state index in [1.54, 1.807) is 0 Å². The summed E-state index contributed by atoms with van der Waals surface area (Å²) in [7, 11) is 0. The van der Waals surface area contributed by atoms with E-state index in [0.717, 1.165) is 17.8 Å². The second-order valence-electron chi connectivity index (χ2n) is 5.29. The third-order valence-electron chi connectivity index (χ3n) is 3.38. The second-order valence-corrected chi connectivity index (χ2v) is 5.29.